The Morgan fingerprint density at radius 1 is 0.913 bits per heavy atom. The second kappa shape index (κ2) is 5.76. The molecule has 0 radical (unpaired) electrons. The van der Waals surface area contributed by atoms with Crippen molar-refractivity contribution in [2.24, 2.45) is 0 Å². The van der Waals surface area contributed by atoms with Gasteiger partial charge in [-0.05, 0) is 55.0 Å². The van der Waals surface area contributed by atoms with Gasteiger partial charge in [0.25, 0.3) is 5.91 Å². The van der Waals surface area contributed by atoms with Gasteiger partial charge in [0.15, 0.2) is 0 Å². The molecular weight excluding hydrogens is 286 g/mol. The van der Waals surface area contributed by atoms with Gasteiger partial charge in [0, 0.05) is 11.1 Å². The Morgan fingerprint density at radius 2 is 1.61 bits per heavy atom. The van der Waals surface area contributed by atoms with E-state index in [1.54, 1.807) is 6.07 Å². The molecule has 0 fully saturated rings. The molecule has 116 valence electrons. The van der Waals surface area contributed by atoms with E-state index >= 15 is 0 Å². The van der Waals surface area contributed by atoms with Gasteiger partial charge in [-0.1, -0.05) is 36.4 Å². The van der Waals surface area contributed by atoms with Gasteiger partial charge in [-0.2, -0.15) is 0 Å². The summed E-state index contributed by atoms with van der Waals surface area (Å²) in [5.74, 6) is -0.279. The third-order valence-electron chi connectivity index (χ3n) is 4.11. The average Bonchev–Trinajstić information content (AvgIpc) is 2.54. The van der Waals surface area contributed by atoms with E-state index in [0.717, 1.165) is 27.8 Å². The number of aromatic hydroxyl groups is 1. The van der Waals surface area contributed by atoms with Crippen molar-refractivity contribution in [2.75, 3.05) is 5.32 Å². The van der Waals surface area contributed by atoms with Crippen molar-refractivity contribution in [3.05, 3.63) is 70.8 Å². The largest absolute Gasteiger partial charge is 0.506 e. The summed E-state index contributed by atoms with van der Waals surface area (Å²) in [5, 5.41) is 15.0. The number of phenolic OH excluding ortho intramolecular Hbond substituents is 1. The Hall–Kier alpha value is -2.81. The van der Waals surface area contributed by atoms with Crippen molar-refractivity contribution in [3.63, 3.8) is 0 Å². The van der Waals surface area contributed by atoms with Crippen LogP contribution in [0.15, 0.2) is 48.5 Å². The average molecular weight is 305 g/mol. The Balaban J connectivity index is 2.04. The van der Waals surface area contributed by atoms with Crippen molar-refractivity contribution in [3.8, 4) is 5.75 Å². The minimum absolute atomic E-state index is 0.0222. The molecule has 0 spiro atoms. The molecule has 3 heteroatoms. The molecule has 3 aromatic rings. The highest BCUT2D eigenvalue weighted by atomic mass is 16.3. The number of carbonyl (C=O) groups excluding carboxylic acids is 1. The summed E-state index contributed by atoms with van der Waals surface area (Å²) in [7, 11) is 0. The molecule has 0 saturated carbocycles. The highest BCUT2D eigenvalue weighted by Gasteiger charge is 2.16. The molecular formula is C20H19NO2. The van der Waals surface area contributed by atoms with E-state index in [4.69, 9.17) is 0 Å². The summed E-state index contributed by atoms with van der Waals surface area (Å²) in [5.41, 5.74) is 4.08. The number of carbonyl (C=O) groups is 1. The molecule has 3 rings (SSSR count). The second-order valence-electron chi connectivity index (χ2n) is 5.91. The standard InChI is InChI=1S/C20H19NO2/c1-12-8-9-13(2)18(10-12)21-20(23)17-11-14(3)15-6-4-5-7-16(15)19(17)22/h4-11,22H,1-3H3,(H,21,23). The van der Waals surface area contributed by atoms with Crippen LogP contribution in [0.1, 0.15) is 27.0 Å². The number of fused-ring (bicyclic) bond motifs is 1. The van der Waals surface area contributed by atoms with Crippen LogP contribution in [0.25, 0.3) is 10.8 Å². The maximum absolute atomic E-state index is 12.6. The van der Waals surface area contributed by atoms with Crippen LogP contribution in [-0.4, -0.2) is 11.0 Å². The summed E-state index contributed by atoms with van der Waals surface area (Å²) in [6.07, 6.45) is 0. The van der Waals surface area contributed by atoms with Crippen LogP contribution in [0.5, 0.6) is 5.75 Å². The topological polar surface area (TPSA) is 49.3 Å². The van der Waals surface area contributed by atoms with Crippen molar-refractivity contribution < 1.29 is 9.90 Å². The van der Waals surface area contributed by atoms with E-state index in [2.05, 4.69) is 5.32 Å². The lowest BCUT2D eigenvalue weighted by Crippen LogP contribution is -2.13. The fourth-order valence-electron chi connectivity index (χ4n) is 2.77. The third-order valence-corrected chi connectivity index (χ3v) is 4.11. The molecule has 0 heterocycles. The summed E-state index contributed by atoms with van der Waals surface area (Å²) < 4.78 is 0. The van der Waals surface area contributed by atoms with E-state index in [1.807, 2.05) is 63.2 Å². The summed E-state index contributed by atoms with van der Waals surface area (Å²) in [4.78, 5) is 12.6. The first-order chi connectivity index (χ1) is 11.0. The molecule has 0 unspecified atom stereocenters. The zero-order chi connectivity index (χ0) is 16.6. The van der Waals surface area contributed by atoms with Gasteiger partial charge in [-0.25, -0.2) is 0 Å². The summed E-state index contributed by atoms with van der Waals surface area (Å²) in [6, 6.07) is 15.2. The first-order valence-electron chi connectivity index (χ1n) is 7.57. The molecule has 0 atom stereocenters. The third kappa shape index (κ3) is 2.78. The maximum atomic E-state index is 12.6. The predicted octanol–water partition coefficient (Wildman–Crippen LogP) is 4.72. The molecule has 0 bridgehead atoms. The van der Waals surface area contributed by atoms with Gasteiger partial charge in [0.05, 0.1) is 5.56 Å². The number of benzene rings is 3. The lowest BCUT2D eigenvalue weighted by molar-refractivity contribution is 0.102. The first-order valence-corrected chi connectivity index (χ1v) is 7.57. The normalized spacial score (nSPS) is 10.7. The van der Waals surface area contributed by atoms with Crippen molar-refractivity contribution >= 4 is 22.4 Å². The minimum atomic E-state index is -0.301. The second-order valence-corrected chi connectivity index (χ2v) is 5.91. The zero-order valence-corrected chi connectivity index (χ0v) is 13.5. The van der Waals surface area contributed by atoms with E-state index in [9.17, 15) is 9.90 Å². The van der Waals surface area contributed by atoms with Gasteiger partial charge in [0.2, 0.25) is 0 Å². The maximum Gasteiger partial charge on any atom is 0.259 e. The van der Waals surface area contributed by atoms with Gasteiger partial charge >= 0.3 is 0 Å². The highest BCUT2D eigenvalue weighted by Crippen LogP contribution is 2.32. The quantitative estimate of drug-likeness (QED) is 0.719. The Labute approximate surface area is 135 Å². The Kier molecular flexibility index (Phi) is 3.78. The Morgan fingerprint density at radius 3 is 2.35 bits per heavy atom. The van der Waals surface area contributed by atoms with Crippen molar-refractivity contribution in [1.29, 1.82) is 0 Å². The first kappa shape index (κ1) is 15.1. The predicted molar refractivity (Wildman–Crippen MR) is 94.2 cm³/mol. The van der Waals surface area contributed by atoms with Crippen LogP contribution < -0.4 is 5.32 Å². The number of hydrogen-bond acceptors (Lipinski definition) is 2. The van der Waals surface area contributed by atoms with Crippen LogP contribution in [0, 0.1) is 20.8 Å². The Bertz CT molecular complexity index is 913. The van der Waals surface area contributed by atoms with Crippen LogP contribution in [0.3, 0.4) is 0 Å². The number of hydrogen-bond donors (Lipinski definition) is 2. The van der Waals surface area contributed by atoms with E-state index in [0.29, 0.717) is 10.9 Å². The molecule has 23 heavy (non-hydrogen) atoms. The molecule has 3 aromatic carbocycles. The number of nitrogens with one attached hydrogen (secondary N) is 1. The fraction of sp³-hybridized carbons (Fsp3) is 0.150. The lowest BCUT2D eigenvalue weighted by Gasteiger charge is -2.13. The van der Waals surface area contributed by atoms with E-state index < -0.39 is 0 Å². The molecule has 0 saturated heterocycles. The smallest absolute Gasteiger partial charge is 0.259 e. The van der Waals surface area contributed by atoms with Gasteiger partial charge < -0.3 is 10.4 Å². The molecule has 3 nitrogen and oxygen atoms in total. The summed E-state index contributed by atoms with van der Waals surface area (Å²) in [6.45, 7) is 5.86. The van der Waals surface area contributed by atoms with Crippen LogP contribution in [-0.2, 0) is 0 Å². The number of aryl methyl sites for hydroxylation is 3. The van der Waals surface area contributed by atoms with E-state index in [1.165, 1.54) is 0 Å². The van der Waals surface area contributed by atoms with Crippen LogP contribution in [0.4, 0.5) is 5.69 Å². The van der Waals surface area contributed by atoms with Gasteiger partial charge in [0.1, 0.15) is 5.75 Å². The number of phenols is 1. The van der Waals surface area contributed by atoms with Crippen molar-refractivity contribution in [2.45, 2.75) is 20.8 Å². The SMILES string of the molecule is Cc1ccc(C)c(NC(=O)c2cc(C)c3ccccc3c2O)c1. The van der Waals surface area contributed by atoms with Crippen molar-refractivity contribution in [1.82, 2.24) is 0 Å². The van der Waals surface area contributed by atoms with Gasteiger partial charge in [-0.3, -0.25) is 4.79 Å². The van der Waals surface area contributed by atoms with Gasteiger partial charge in [-0.15, -0.1) is 0 Å². The number of anilines is 1. The summed E-state index contributed by atoms with van der Waals surface area (Å²) >= 11 is 0. The molecule has 1 amide bonds. The zero-order valence-electron chi connectivity index (χ0n) is 13.5. The molecule has 0 aliphatic rings. The lowest BCUT2D eigenvalue weighted by atomic mass is 9.99. The molecule has 2 N–H and O–H groups in total. The van der Waals surface area contributed by atoms with E-state index in [-0.39, 0.29) is 11.7 Å². The molecule has 0 aliphatic heterocycles. The van der Waals surface area contributed by atoms with Crippen LogP contribution in [0.2, 0.25) is 0 Å². The van der Waals surface area contributed by atoms with Crippen LogP contribution >= 0.6 is 0 Å². The number of amides is 1. The monoisotopic (exact) mass is 305 g/mol. The molecule has 0 aromatic heterocycles. The minimum Gasteiger partial charge on any atom is -0.506 e. The molecule has 0 aliphatic carbocycles. The fourth-order valence-corrected chi connectivity index (χ4v) is 2.77. The highest BCUT2D eigenvalue weighted by molar-refractivity contribution is 6.10. The number of rotatable bonds is 2.